The van der Waals surface area contributed by atoms with Crippen LogP contribution in [0.25, 0.3) is 0 Å². The Bertz CT molecular complexity index is 251. The highest BCUT2D eigenvalue weighted by molar-refractivity contribution is 4.93. The lowest BCUT2D eigenvalue weighted by molar-refractivity contribution is -0.136. The SMILES string of the molecule is C1=CO[C@H]2CC[C@@H]3OCCC[C@H]3O[C@@H]2C1. The molecule has 2 saturated heterocycles. The van der Waals surface area contributed by atoms with Gasteiger partial charge in [0.25, 0.3) is 0 Å². The molecule has 4 atom stereocenters. The standard InChI is InChI=1S/C12H18O3/c1-3-11-9(13-7-1)5-6-10-12(15-11)4-2-8-14-10/h1,7,9-12H,2-6,8H2/t9-,10-,11+,12+/m0/s1. The number of hydrogen-bond donors (Lipinski definition) is 0. The predicted molar refractivity (Wildman–Crippen MR) is 55.5 cm³/mol. The topological polar surface area (TPSA) is 27.7 Å². The van der Waals surface area contributed by atoms with Gasteiger partial charge in [-0.15, -0.1) is 0 Å². The van der Waals surface area contributed by atoms with Gasteiger partial charge in [-0.3, -0.25) is 0 Å². The molecule has 15 heavy (non-hydrogen) atoms. The molecule has 0 spiro atoms. The minimum absolute atomic E-state index is 0.254. The maximum Gasteiger partial charge on any atom is 0.124 e. The molecule has 0 radical (unpaired) electrons. The van der Waals surface area contributed by atoms with Crippen molar-refractivity contribution in [1.29, 1.82) is 0 Å². The van der Waals surface area contributed by atoms with E-state index in [1.54, 1.807) is 0 Å². The molecule has 2 fully saturated rings. The van der Waals surface area contributed by atoms with E-state index in [4.69, 9.17) is 14.2 Å². The number of fused-ring (bicyclic) bond motifs is 2. The van der Waals surface area contributed by atoms with Crippen LogP contribution in [0.3, 0.4) is 0 Å². The summed E-state index contributed by atoms with van der Waals surface area (Å²) in [4.78, 5) is 0. The predicted octanol–water partition coefficient (Wildman–Crippen LogP) is 2.02. The normalized spacial score (nSPS) is 44.8. The van der Waals surface area contributed by atoms with Crippen LogP contribution in [0, 0.1) is 0 Å². The lowest BCUT2D eigenvalue weighted by Gasteiger charge is -2.32. The molecule has 0 saturated carbocycles. The van der Waals surface area contributed by atoms with E-state index in [2.05, 4.69) is 6.08 Å². The monoisotopic (exact) mass is 210 g/mol. The van der Waals surface area contributed by atoms with Gasteiger partial charge in [-0.1, -0.05) is 0 Å². The van der Waals surface area contributed by atoms with Crippen LogP contribution in [0.15, 0.2) is 12.3 Å². The minimum Gasteiger partial charge on any atom is -0.496 e. The van der Waals surface area contributed by atoms with Gasteiger partial charge in [0.2, 0.25) is 0 Å². The maximum absolute atomic E-state index is 6.12. The van der Waals surface area contributed by atoms with Crippen LogP contribution in [-0.2, 0) is 14.2 Å². The zero-order valence-electron chi connectivity index (χ0n) is 8.93. The Morgan fingerprint density at radius 2 is 1.87 bits per heavy atom. The van der Waals surface area contributed by atoms with E-state index in [1.807, 2.05) is 6.26 Å². The zero-order chi connectivity index (χ0) is 10.1. The third-order valence-corrected chi connectivity index (χ3v) is 3.60. The molecule has 0 unspecified atom stereocenters. The van der Waals surface area contributed by atoms with Gasteiger partial charge in [0, 0.05) is 6.61 Å². The van der Waals surface area contributed by atoms with E-state index >= 15 is 0 Å². The average molecular weight is 210 g/mol. The fourth-order valence-corrected chi connectivity index (χ4v) is 2.77. The fraction of sp³-hybridized carbons (Fsp3) is 0.833. The molecule has 3 rings (SSSR count). The van der Waals surface area contributed by atoms with Crippen molar-refractivity contribution < 1.29 is 14.2 Å². The second-order valence-corrected chi connectivity index (χ2v) is 4.62. The van der Waals surface area contributed by atoms with Crippen molar-refractivity contribution >= 4 is 0 Å². The van der Waals surface area contributed by atoms with Gasteiger partial charge < -0.3 is 14.2 Å². The summed E-state index contributed by atoms with van der Waals surface area (Å²) in [5.74, 6) is 0. The molecule has 0 aromatic heterocycles. The molecule has 0 amide bonds. The molecule has 0 bridgehead atoms. The fourth-order valence-electron chi connectivity index (χ4n) is 2.77. The van der Waals surface area contributed by atoms with Crippen molar-refractivity contribution in [2.24, 2.45) is 0 Å². The highest BCUT2D eigenvalue weighted by Crippen LogP contribution is 2.31. The molecular weight excluding hydrogens is 192 g/mol. The molecule has 0 aromatic rings. The minimum atomic E-state index is 0.254. The second kappa shape index (κ2) is 4.14. The van der Waals surface area contributed by atoms with Gasteiger partial charge in [0.15, 0.2) is 0 Å². The summed E-state index contributed by atoms with van der Waals surface area (Å²) in [6.07, 6.45) is 10.4. The molecule has 0 N–H and O–H groups in total. The van der Waals surface area contributed by atoms with Crippen molar-refractivity contribution in [2.45, 2.75) is 56.5 Å². The quantitative estimate of drug-likeness (QED) is 0.612. The van der Waals surface area contributed by atoms with Crippen LogP contribution in [-0.4, -0.2) is 31.0 Å². The molecule has 0 aliphatic carbocycles. The van der Waals surface area contributed by atoms with Gasteiger partial charge in [-0.25, -0.2) is 0 Å². The molecule has 3 aliphatic heterocycles. The first kappa shape index (κ1) is 9.67. The molecule has 84 valence electrons. The van der Waals surface area contributed by atoms with Crippen LogP contribution in [0.1, 0.15) is 32.1 Å². The average Bonchev–Trinajstić information content (AvgIpc) is 2.48. The molecule has 3 heterocycles. The summed E-state index contributed by atoms with van der Waals surface area (Å²) in [6.45, 7) is 0.902. The third kappa shape index (κ3) is 1.91. The van der Waals surface area contributed by atoms with Crippen LogP contribution >= 0.6 is 0 Å². The van der Waals surface area contributed by atoms with Crippen molar-refractivity contribution in [2.75, 3.05) is 6.61 Å². The van der Waals surface area contributed by atoms with Crippen LogP contribution in [0.4, 0.5) is 0 Å². The van der Waals surface area contributed by atoms with Crippen molar-refractivity contribution in [3.05, 3.63) is 12.3 Å². The first-order valence-electron chi connectivity index (χ1n) is 6.01. The zero-order valence-corrected chi connectivity index (χ0v) is 8.93. The van der Waals surface area contributed by atoms with Gasteiger partial charge in [-0.2, -0.15) is 0 Å². The lowest BCUT2D eigenvalue weighted by atomic mass is 10.00. The van der Waals surface area contributed by atoms with Crippen LogP contribution in [0.2, 0.25) is 0 Å². The van der Waals surface area contributed by atoms with Crippen molar-refractivity contribution in [3.8, 4) is 0 Å². The van der Waals surface area contributed by atoms with Crippen molar-refractivity contribution in [3.63, 3.8) is 0 Å². The second-order valence-electron chi connectivity index (χ2n) is 4.62. The van der Waals surface area contributed by atoms with E-state index in [9.17, 15) is 0 Å². The Morgan fingerprint density at radius 1 is 0.933 bits per heavy atom. The summed E-state index contributed by atoms with van der Waals surface area (Å²) >= 11 is 0. The largest absolute Gasteiger partial charge is 0.496 e. The summed E-state index contributed by atoms with van der Waals surface area (Å²) < 4.78 is 17.5. The summed E-state index contributed by atoms with van der Waals surface area (Å²) in [6, 6.07) is 0. The van der Waals surface area contributed by atoms with E-state index in [0.29, 0.717) is 12.2 Å². The Morgan fingerprint density at radius 3 is 2.87 bits per heavy atom. The summed E-state index contributed by atoms with van der Waals surface area (Å²) in [5.41, 5.74) is 0. The van der Waals surface area contributed by atoms with E-state index in [-0.39, 0.29) is 12.2 Å². The van der Waals surface area contributed by atoms with Crippen molar-refractivity contribution in [1.82, 2.24) is 0 Å². The highest BCUT2D eigenvalue weighted by atomic mass is 16.6. The molecular formula is C12H18O3. The Kier molecular flexibility index (Phi) is 2.67. The molecule has 3 nitrogen and oxygen atoms in total. The first-order valence-corrected chi connectivity index (χ1v) is 6.01. The van der Waals surface area contributed by atoms with Crippen LogP contribution < -0.4 is 0 Å². The highest BCUT2D eigenvalue weighted by Gasteiger charge is 2.37. The van der Waals surface area contributed by atoms with E-state index in [0.717, 1.165) is 38.7 Å². The summed E-state index contributed by atoms with van der Waals surface area (Å²) in [7, 11) is 0. The van der Waals surface area contributed by atoms with Gasteiger partial charge >= 0.3 is 0 Å². The van der Waals surface area contributed by atoms with Crippen LogP contribution in [0.5, 0.6) is 0 Å². The summed E-state index contributed by atoms with van der Waals surface area (Å²) in [5, 5.41) is 0. The smallest absolute Gasteiger partial charge is 0.124 e. The first-order chi connectivity index (χ1) is 7.43. The maximum atomic E-state index is 6.12. The van der Waals surface area contributed by atoms with E-state index in [1.165, 1.54) is 0 Å². The molecule has 3 aliphatic rings. The van der Waals surface area contributed by atoms with Gasteiger partial charge in [-0.05, 0) is 38.2 Å². The molecule has 3 heteroatoms. The third-order valence-electron chi connectivity index (χ3n) is 3.60. The van der Waals surface area contributed by atoms with Gasteiger partial charge in [0.1, 0.15) is 6.10 Å². The number of ether oxygens (including phenoxy) is 3. The number of rotatable bonds is 0. The van der Waals surface area contributed by atoms with Gasteiger partial charge in [0.05, 0.1) is 24.6 Å². The van der Waals surface area contributed by atoms with E-state index < -0.39 is 0 Å². The Hall–Kier alpha value is -0.540. The molecule has 0 aromatic carbocycles. The number of hydrogen-bond acceptors (Lipinski definition) is 3. The Balaban J connectivity index is 1.72. The lowest BCUT2D eigenvalue weighted by Crippen LogP contribution is -2.38. The Labute approximate surface area is 90.4 Å².